The molecule has 1 heterocycles. The summed E-state index contributed by atoms with van der Waals surface area (Å²) in [5.41, 5.74) is 0.707. The molecule has 0 amide bonds. The fourth-order valence-electron chi connectivity index (χ4n) is 7.51. The van der Waals surface area contributed by atoms with E-state index in [1.54, 1.807) is 0 Å². The molecule has 0 atom stereocenters. The van der Waals surface area contributed by atoms with Crippen molar-refractivity contribution in [2.45, 2.75) is 81.8 Å². The number of hydrogen-bond donors (Lipinski definition) is 2. The first kappa shape index (κ1) is 17.3. The fourth-order valence-corrected chi connectivity index (χ4v) is 7.51. The second-order valence-corrected chi connectivity index (χ2v) is 10.5. The molecular weight excluding hydrogens is 352 g/mol. The summed E-state index contributed by atoms with van der Waals surface area (Å²) in [7, 11) is 0. The standard InChI is InChI=1S/C23H30N2O3/c26-20(27)19-18(24-21(25-19)22-4-1-14(2-5-22)3-6-22)13-28-23-10-15-7-16(11-23)9-17(8-15)12-23/h1,4,14-17H,2-3,5-13H2,(H,24,25)(H,26,27). The van der Waals surface area contributed by atoms with Gasteiger partial charge in [0, 0.05) is 5.41 Å². The van der Waals surface area contributed by atoms with Crippen LogP contribution in [0.2, 0.25) is 0 Å². The van der Waals surface area contributed by atoms with E-state index in [-0.39, 0.29) is 16.7 Å². The topological polar surface area (TPSA) is 75.2 Å². The van der Waals surface area contributed by atoms with Crippen LogP contribution in [-0.2, 0) is 16.8 Å². The van der Waals surface area contributed by atoms with Crippen LogP contribution in [0, 0.1) is 23.7 Å². The summed E-state index contributed by atoms with van der Waals surface area (Å²) in [4.78, 5) is 19.9. The number of carbonyl (C=O) groups is 1. The molecule has 0 aliphatic heterocycles. The van der Waals surface area contributed by atoms with Gasteiger partial charge in [0.1, 0.15) is 5.82 Å². The van der Waals surface area contributed by atoms with Crippen molar-refractivity contribution in [3.05, 3.63) is 29.4 Å². The average Bonchev–Trinajstić information content (AvgIpc) is 3.13. The maximum atomic E-state index is 11.9. The second kappa shape index (κ2) is 5.94. The van der Waals surface area contributed by atoms with Crippen molar-refractivity contribution in [3.63, 3.8) is 0 Å². The predicted octanol–water partition coefficient (Wildman–Crippen LogP) is 4.59. The van der Waals surface area contributed by atoms with Crippen molar-refractivity contribution < 1.29 is 14.6 Å². The van der Waals surface area contributed by atoms with Crippen molar-refractivity contribution in [3.8, 4) is 0 Å². The minimum Gasteiger partial charge on any atom is -0.476 e. The summed E-state index contributed by atoms with van der Waals surface area (Å²) >= 11 is 0. The Hall–Kier alpha value is -1.62. The molecule has 5 nitrogen and oxygen atoms in total. The lowest BCUT2D eigenvalue weighted by Gasteiger charge is -2.56. The quantitative estimate of drug-likeness (QED) is 0.730. The first-order chi connectivity index (χ1) is 13.5. The van der Waals surface area contributed by atoms with E-state index in [9.17, 15) is 9.90 Å². The number of H-pyrrole nitrogens is 1. The second-order valence-electron chi connectivity index (χ2n) is 10.5. The van der Waals surface area contributed by atoms with Gasteiger partial charge in [-0.1, -0.05) is 12.2 Å². The monoisotopic (exact) mass is 382 g/mol. The van der Waals surface area contributed by atoms with Crippen molar-refractivity contribution in [2.75, 3.05) is 0 Å². The highest BCUT2D eigenvalue weighted by atomic mass is 16.5. The number of imidazole rings is 1. The van der Waals surface area contributed by atoms with Crippen LogP contribution < -0.4 is 0 Å². The van der Waals surface area contributed by atoms with Crippen molar-refractivity contribution in [1.82, 2.24) is 9.97 Å². The molecule has 7 aliphatic rings. The number of aromatic carboxylic acids is 1. The van der Waals surface area contributed by atoms with Gasteiger partial charge in [0.15, 0.2) is 5.69 Å². The van der Waals surface area contributed by atoms with Crippen LogP contribution in [0.15, 0.2) is 12.2 Å². The van der Waals surface area contributed by atoms with Gasteiger partial charge in [-0.3, -0.25) is 0 Å². The largest absolute Gasteiger partial charge is 0.476 e. The lowest BCUT2D eigenvalue weighted by atomic mass is 9.54. The SMILES string of the molecule is O=C(O)c1nc(C23C=CC(CC2)CC3)[nH]c1COC12CC3CC(CC(C3)C1)C2. The van der Waals surface area contributed by atoms with Gasteiger partial charge in [0.25, 0.3) is 0 Å². The number of aromatic amines is 1. The maximum Gasteiger partial charge on any atom is 0.356 e. The minimum absolute atomic E-state index is 0.0170. The van der Waals surface area contributed by atoms with Crippen LogP contribution in [0.1, 0.15) is 86.2 Å². The number of carboxylic acids is 1. The molecule has 150 valence electrons. The van der Waals surface area contributed by atoms with E-state index in [0.29, 0.717) is 18.2 Å². The van der Waals surface area contributed by atoms with Crippen LogP contribution in [-0.4, -0.2) is 26.6 Å². The van der Waals surface area contributed by atoms with E-state index in [1.807, 2.05) is 0 Å². The molecule has 0 unspecified atom stereocenters. The third-order valence-corrected chi connectivity index (χ3v) is 8.57. The molecule has 2 N–H and O–H groups in total. The molecule has 7 aliphatic carbocycles. The maximum absolute atomic E-state index is 11.9. The van der Waals surface area contributed by atoms with Gasteiger partial charge in [0.2, 0.25) is 0 Å². The van der Waals surface area contributed by atoms with Gasteiger partial charge in [0.05, 0.1) is 17.9 Å². The number of nitrogens with zero attached hydrogens (tertiary/aromatic N) is 1. The first-order valence-corrected chi connectivity index (χ1v) is 11.2. The summed E-state index contributed by atoms with van der Waals surface area (Å²) in [5.74, 6) is 3.06. The van der Waals surface area contributed by atoms with E-state index in [2.05, 4.69) is 22.1 Å². The highest BCUT2D eigenvalue weighted by Crippen LogP contribution is 2.57. The van der Waals surface area contributed by atoms with Crippen molar-refractivity contribution in [1.29, 1.82) is 0 Å². The Kier molecular flexibility index (Phi) is 3.66. The zero-order valence-electron chi connectivity index (χ0n) is 16.5. The van der Waals surface area contributed by atoms with Crippen molar-refractivity contribution >= 4 is 5.97 Å². The fraction of sp³-hybridized carbons (Fsp3) is 0.739. The van der Waals surface area contributed by atoms with Crippen LogP contribution in [0.4, 0.5) is 0 Å². The molecule has 1 aromatic rings. The molecule has 5 saturated carbocycles. The molecule has 8 rings (SSSR count). The smallest absolute Gasteiger partial charge is 0.356 e. The Morgan fingerprint density at radius 1 is 1.14 bits per heavy atom. The summed E-state index contributed by atoms with van der Waals surface area (Å²) in [6.07, 6.45) is 16.7. The number of fused-ring (bicyclic) bond motifs is 2. The Balaban J connectivity index is 1.26. The summed E-state index contributed by atoms with van der Waals surface area (Å²) < 4.78 is 6.54. The van der Waals surface area contributed by atoms with Gasteiger partial charge in [-0.05, 0) is 87.9 Å². The zero-order valence-corrected chi connectivity index (χ0v) is 16.5. The van der Waals surface area contributed by atoms with E-state index in [1.165, 1.54) is 32.1 Å². The van der Waals surface area contributed by atoms with Gasteiger partial charge in [-0.2, -0.15) is 0 Å². The number of carboxylic acid groups (broad SMARTS) is 1. The predicted molar refractivity (Wildman–Crippen MR) is 104 cm³/mol. The number of aromatic nitrogens is 2. The van der Waals surface area contributed by atoms with Gasteiger partial charge in [-0.15, -0.1) is 0 Å². The number of ether oxygens (including phenoxy) is 1. The number of nitrogens with one attached hydrogen (secondary N) is 1. The zero-order chi connectivity index (χ0) is 18.9. The molecule has 0 saturated heterocycles. The number of rotatable bonds is 5. The van der Waals surface area contributed by atoms with Crippen LogP contribution in [0.5, 0.6) is 0 Å². The summed E-state index contributed by atoms with van der Waals surface area (Å²) in [6, 6.07) is 0. The van der Waals surface area contributed by atoms with E-state index in [4.69, 9.17) is 4.74 Å². The van der Waals surface area contributed by atoms with Crippen LogP contribution in [0.3, 0.4) is 0 Å². The summed E-state index contributed by atoms with van der Waals surface area (Å²) in [5, 5.41) is 9.75. The lowest BCUT2D eigenvalue weighted by Crippen LogP contribution is -2.51. The number of hydrogen-bond acceptors (Lipinski definition) is 3. The lowest BCUT2D eigenvalue weighted by molar-refractivity contribution is -0.169. The normalized spacial score (nSPS) is 43.0. The molecule has 5 heteroatoms. The highest BCUT2D eigenvalue weighted by molar-refractivity contribution is 5.86. The van der Waals surface area contributed by atoms with E-state index in [0.717, 1.165) is 55.7 Å². The van der Waals surface area contributed by atoms with E-state index >= 15 is 0 Å². The Morgan fingerprint density at radius 2 is 1.79 bits per heavy atom. The Morgan fingerprint density at radius 3 is 2.32 bits per heavy atom. The Bertz CT molecular complexity index is 796. The minimum atomic E-state index is -0.948. The average molecular weight is 383 g/mol. The molecule has 0 spiro atoms. The first-order valence-electron chi connectivity index (χ1n) is 11.2. The molecule has 28 heavy (non-hydrogen) atoms. The summed E-state index contributed by atoms with van der Waals surface area (Å²) in [6.45, 7) is 0.350. The van der Waals surface area contributed by atoms with Gasteiger partial charge in [-0.25, -0.2) is 9.78 Å². The Labute approximate surface area is 166 Å². The number of allylic oxidation sites excluding steroid dienone is 2. The van der Waals surface area contributed by atoms with Crippen LogP contribution in [0.25, 0.3) is 0 Å². The molecular formula is C23H30N2O3. The van der Waals surface area contributed by atoms with E-state index < -0.39 is 5.97 Å². The van der Waals surface area contributed by atoms with Crippen LogP contribution >= 0.6 is 0 Å². The highest BCUT2D eigenvalue weighted by Gasteiger charge is 2.52. The van der Waals surface area contributed by atoms with Gasteiger partial charge < -0.3 is 14.8 Å². The third-order valence-electron chi connectivity index (χ3n) is 8.57. The van der Waals surface area contributed by atoms with Crippen molar-refractivity contribution in [2.24, 2.45) is 23.7 Å². The van der Waals surface area contributed by atoms with Gasteiger partial charge >= 0.3 is 5.97 Å². The molecule has 6 bridgehead atoms. The molecule has 1 aromatic heterocycles. The third kappa shape index (κ3) is 2.62. The molecule has 5 fully saturated rings. The molecule has 0 aromatic carbocycles. The molecule has 0 radical (unpaired) electrons.